The molecule has 0 atom stereocenters. The van der Waals surface area contributed by atoms with E-state index in [1.165, 1.54) is 5.69 Å². The minimum absolute atomic E-state index is 0. The van der Waals surface area contributed by atoms with Crippen LogP contribution in [0.4, 0.5) is 17.1 Å². The first-order valence-corrected chi connectivity index (χ1v) is 8.59. The highest BCUT2D eigenvalue weighted by Gasteiger charge is 2.17. The van der Waals surface area contributed by atoms with Crippen LogP contribution in [0.5, 0.6) is 0 Å². The minimum Gasteiger partial charge on any atom is -0.399 e. The molecule has 5 N–H and O–H groups in total. The summed E-state index contributed by atoms with van der Waals surface area (Å²) in [4.78, 5) is 16.2. The van der Waals surface area contributed by atoms with Crippen molar-refractivity contribution >= 4 is 23.0 Å². The Balaban J connectivity index is 0.00000243. The Morgan fingerprint density at radius 1 is 1.04 bits per heavy atom. The number of para-hydroxylation sites is 1. The van der Waals surface area contributed by atoms with Gasteiger partial charge in [0.25, 0.3) is 5.91 Å². The molecule has 26 heavy (non-hydrogen) atoms. The molecule has 2 aromatic rings. The third-order valence-corrected chi connectivity index (χ3v) is 4.54. The number of benzene rings is 2. The molecule has 2 aromatic carbocycles. The minimum atomic E-state index is -0.404. The molecule has 1 aliphatic heterocycles. The number of anilines is 3. The molecule has 0 radical (unpaired) electrons. The summed E-state index contributed by atoms with van der Waals surface area (Å²) in [7, 11) is 0. The van der Waals surface area contributed by atoms with Gasteiger partial charge in [0, 0.05) is 56.3 Å². The Morgan fingerprint density at radius 3 is 2.46 bits per heavy atom. The molecule has 0 saturated carbocycles. The molecule has 0 aliphatic carbocycles. The molecule has 0 aromatic heterocycles. The van der Waals surface area contributed by atoms with Gasteiger partial charge in [-0.15, -0.1) is 0 Å². The van der Waals surface area contributed by atoms with Crippen LogP contribution in [0.1, 0.15) is 17.8 Å². The van der Waals surface area contributed by atoms with Crippen molar-refractivity contribution in [2.75, 3.05) is 55.2 Å². The van der Waals surface area contributed by atoms with E-state index in [1.807, 2.05) is 36.4 Å². The molecule has 0 spiro atoms. The third kappa shape index (κ3) is 4.89. The SMILES string of the molecule is C.NC(=O)c1ccccc1NCCN1CCN(c2cccc(N)c2)CC1. The van der Waals surface area contributed by atoms with Crippen LogP contribution in [0.25, 0.3) is 0 Å². The van der Waals surface area contributed by atoms with E-state index in [-0.39, 0.29) is 7.43 Å². The highest BCUT2D eigenvalue weighted by atomic mass is 16.1. The van der Waals surface area contributed by atoms with Crippen molar-refractivity contribution in [3.8, 4) is 0 Å². The van der Waals surface area contributed by atoms with Crippen LogP contribution in [0.2, 0.25) is 0 Å². The van der Waals surface area contributed by atoms with Crippen LogP contribution in [-0.4, -0.2) is 50.1 Å². The predicted molar refractivity (Wildman–Crippen MR) is 110 cm³/mol. The highest BCUT2D eigenvalue weighted by Crippen LogP contribution is 2.19. The second-order valence-electron chi connectivity index (χ2n) is 6.26. The van der Waals surface area contributed by atoms with E-state index in [0.717, 1.165) is 50.6 Å². The molecule has 1 fully saturated rings. The van der Waals surface area contributed by atoms with Gasteiger partial charge in [0.05, 0.1) is 5.56 Å². The lowest BCUT2D eigenvalue weighted by molar-refractivity contribution is 0.100. The lowest BCUT2D eigenvalue weighted by atomic mass is 10.1. The number of amides is 1. The van der Waals surface area contributed by atoms with E-state index in [2.05, 4.69) is 21.2 Å². The number of rotatable bonds is 6. The summed E-state index contributed by atoms with van der Waals surface area (Å²) in [6.45, 7) is 5.70. The largest absolute Gasteiger partial charge is 0.399 e. The third-order valence-electron chi connectivity index (χ3n) is 4.54. The highest BCUT2D eigenvalue weighted by molar-refractivity contribution is 5.98. The van der Waals surface area contributed by atoms with Crippen molar-refractivity contribution < 1.29 is 4.79 Å². The van der Waals surface area contributed by atoms with Crippen LogP contribution in [0, 0.1) is 0 Å². The number of nitrogens with two attached hydrogens (primary N) is 2. The van der Waals surface area contributed by atoms with Crippen molar-refractivity contribution in [3.63, 3.8) is 0 Å². The Labute approximate surface area is 155 Å². The van der Waals surface area contributed by atoms with Gasteiger partial charge in [0.2, 0.25) is 0 Å². The van der Waals surface area contributed by atoms with Gasteiger partial charge in [-0.1, -0.05) is 25.6 Å². The smallest absolute Gasteiger partial charge is 0.250 e. The zero-order valence-corrected chi connectivity index (χ0v) is 14.3. The predicted octanol–water partition coefficient (Wildman–Crippen LogP) is 2.24. The Kier molecular flexibility index (Phi) is 6.86. The van der Waals surface area contributed by atoms with Crippen LogP contribution in [0.15, 0.2) is 48.5 Å². The maximum absolute atomic E-state index is 11.4. The van der Waals surface area contributed by atoms with E-state index < -0.39 is 5.91 Å². The van der Waals surface area contributed by atoms with E-state index >= 15 is 0 Å². The lowest BCUT2D eigenvalue weighted by Gasteiger charge is -2.36. The number of hydrogen-bond donors (Lipinski definition) is 3. The summed E-state index contributed by atoms with van der Waals surface area (Å²) in [5.41, 5.74) is 14.6. The van der Waals surface area contributed by atoms with E-state index in [1.54, 1.807) is 6.07 Å². The monoisotopic (exact) mass is 355 g/mol. The van der Waals surface area contributed by atoms with Gasteiger partial charge >= 0.3 is 0 Å². The molecule has 6 nitrogen and oxygen atoms in total. The second kappa shape index (κ2) is 9.10. The Hall–Kier alpha value is -2.73. The fraction of sp³-hybridized carbons (Fsp3) is 0.350. The summed E-state index contributed by atoms with van der Waals surface area (Å²) >= 11 is 0. The summed E-state index contributed by atoms with van der Waals surface area (Å²) in [5.74, 6) is -0.404. The van der Waals surface area contributed by atoms with Crippen LogP contribution in [0.3, 0.4) is 0 Å². The van der Waals surface area contributed by atoms with Crippen molar-refractivity contribution in [2.45, 2.75) is 7.43 Å². The topological polar surface area (TPSA) is 87.6 Å². The Morgan fingerprint density at radius 2 is 1.77 bits per heavy atom. The standard InChI is InChI=1S/C19H25N5O.CH4/c20-15-4-3-5-16(14-15)24-12-10-23(11-13-24)9-8-22-18-7-2-1-6-17(18)19(21)25;/h1-7,14,22H,8-13,20H2,(H2,21,25);1H4. The fourth-order valence-corrected chi connectivity index (χ4v) is 3.15. The van der Waals surface area contributed by atoms with Crippen LogP contribution in [-0.2, 0) is 0 Å². The number of nitrogens with one attached hydrogen (secondary N) is 1. The van der Waals surface area contributed by atoms with Gasteiger partial charge in [-0.3, -0.25) is 9.69 Å². The van der Waals surface area contributed by atoms with Crippen molar-refractivity contribution in [2.24, 2.45) is 5.73 Å². The molecule has 3 rings (SSSR count). The van der Waals surface area contributed by atoms with E-state index in [4.69, 9.17) is 11.5 Å². The van der Waals surface area contributed by atoms with Crippen molar-refractivity contribution in [3.05, 3.63) is 54.1 Å². The van der Waals surface area contributed by atoms with Crippen molar-refractivity contribution in [1.82, 2.24) is 4.90 Å². The molecule has 140 valence electrons. The molecular formula is C20H29N5O. The average molecular weight is 355 g/mol. The number of nitrogen functional groups attached to an aromatic ring is 1. The van der Waals surface area contributed by atoms with Gasteiger partial charge in [-0.05, 0) is 30.3 Å². The van der Waals surface area contributed by atoms with E-state index in [9.17, 15) is 4.79 Å². The number of carbonyl (C=O) groups is 1. The lowest BCUT2D eigenvalue weighted by Crippen LogP contribution is -2.47. The zero-order valence-electron chi connectivity index (χ0n) is 14.3. The Bertz CT molecular complexity index is 726. The molecule has 1 amide bonds. The first-order chi connectivity index (χ1) is 12.1. The van der Waals surface area contributed by atoms with Gasteiger partial charge < -0.3 is 21.7 Å². The molecule has 1 heterocycles. The number of piperazine rings is 1. The summed E-state index contributed by atoms with van der Waals surface area (Å²) in [6, 6.07) is 15.4. The molecule has 0 unspecified atom stereocenters. The number of hydrogen-bond acceptors (Lipinski definition) is 5. The maximum Gasteiger partial charge on any atom is 0.250 e. The number of primary amides is 1. The van der Waals surface area contributed by atoms with Gasteiger partial charge in [0.1, 0.15) is 0 Å². The van der Waals surface area contributed by atoms with Gasteiger partial charge in [0.15, 0.2) is 0 Å². The van der Waals surface area contributed by atoms with Gasteiger partial charge in [-0.2, -0.15) is 0 Å². The van der Waals surface area contributed by atoms with Crippen LogP contribution >= 0.6 is 0 Å². The summed E-state index contributed by atoms with van der Waals surface area (Å²) < 4.78 is 0. The zero-order chi connectivity index (χ0) is 17.6. The molecule has 1 saturated heterocycles. The quantitative estimate of drug-likeness (QED) is 0.692. The second-order valence-corrected chi connectivity index (χ2v) is 6.26. The van der Waals surface area contributed by atoms with Crippen molar-refractivity contribution in [1.29, 1.82) is 0 Å². The van der Waals surface area contributed by atoms with E-state index in [0.29, 0.717) is 5.56 Å². The number of carbonyl (C=O) groups excluding carboxylic acids is 1. The van der Waals surface area contributed by atoms with Crippen LogP contribution < -0.4 is 21.7 Å². The van der Waals surface area contributed by atoms with Gasteiger partial charge in [-0.25, -0.2) is 0 Å². The first kappa shape index (κ1) is 19.6. The molecule has 0 bridgehead atoms. The number of nitrogens with zero attached hydrogens (tertiary/aromatic N) is 2. The normalized spacial score (nSPS) is 14.5. The molecular weight excluding hydrogens is 326 g/mol. The molecule has 1 aliphatic rings. The maximum atomic E-state index is 11.4. The summed E-state index contributed by atoms with van der Waals surface area (Å²) in [5, 5.41) is 3.32. The average Bonchev–Trinajstić information content (AvgIpc) is 2.62. The summed E-state index contributed by atoms with van der Waals surface area (Å²) in [6.07, 6.45) is 0. The molecule has 6 heteroatoms. The first-order valence-electron chi connectivity index (χ1n) is 8.59. The fourth-order valence-electron chi connectivity index (χ4n) is 3.15.